The number of anilines is 1. The fourth-order valence-corrected chi connectivity index (χ4v) is 2.81. The van der Waals surface area contributed by atoms with Crippen LogP contribution in [0.4, 0.5) is 14.5 Å². The van der Waals surface area contributed by atoms with Gasteiger partial charge in [0, 0.05) is 19.1 Å². The zero-order valence-electron chi connectivity index (χ0n) is 11.7. The third-order valence-corrected chi connectivity index (χ3v) is 3.80. The molecule has 0 saturated carbocycles. The summed E-state index contributed by atoms with van der Waals surface area (Å²) in [6.45, 7) is 3.26. The summed E-state index contributed by atoms with van der Waals surface area (Å²) in [5, 5.41) is 2.91. The summed E-state index contributed by atoms with van der Waals surface area (Å²) in [4.78, 5) is 1.89. The van der Waals surface area contributed by atoms with Crippen LogP contribution in [0.5, 0.6) is 0 Å². The van der Waals surface area contributed by atoms with E-state index in [-0.39, 0.29) is 11.7 Å². The fourth-order valence-electron chi connectivity index (χ4n) is 2.81. The molecule has 4 heteroatoms. The zero-order valence-corrected chi connectivity index (χ0v) is 11.7. The molecule has 1 atom stereocenters. The first-order valence-corrected chi connectivity index (χ1v) is 7.02. The van der Waals surface area contributed by atoms with Gasteiger partial charge in [-0.3, -0.25) is 0 Å². The second-order valence-corrected chi connectivity index (χ2v) is 5.33. The highest BCUT2D eigenvalue weighted by Gasteiger charge is 2.23. The van der Waals surface area contributed by atoms with E-state index in [4.69, 9.17) is 0 Å². The van der Waals surface area contributed by atoms with Crippen LogP contribution in [-0.4, -0.2) is 19.6 Å². The summed E-state index contributed by atoms with van der Waals surface area (Å²) in [6.07, 6.45) is 4.28. The third kappa shape index (κ3) is 3.24. The van der Waals surface area contributed by atoms with Crippen LogP contribution in [0.15, 0.2) is 12.1 Å². The van der Waals surface area contributed by atoms with Crippen LogP contribution in [-0.2, 0) is 6.54 Å². The molecule has 0 radical (unpaired) electrons. The minimum Gasteiger partial charge on any atom is -0.364 e. The van der Waals surface area contributed by atoms with Crippen LogP contribution in [0.25, 0.3) is 0 Å². The van der Waals surface area contributed by atoms with Gasteiger partial charge in [0.2, 0.25) is 0 Å². The van der Waals surface area contributed by atoms with E-state index >= 15 is 0 Å². The van der Waals surface area contributed by atoms with E-state index in [1.54, 1.807) is 7.05 Å². The van der Waals surface area contributed by atoms with Crippen LogP contribution in [0.2, 0.25) is 0 Å². The molecule has 1 aromatic carbocycles. The molecule has 1 fully saturated rings. The van der Waals surface area contributed by atoms with Gasteiger partial charge >= 0.3 is 0 Å². The molecule has 1 aliphatic heterocycles. The van der Waals surface area contributed by atoms with Crippen molar-refractivity contribution in [1.29, 1.82) is 0 Å². The number of benzene rings is 1. The molecule has 1 heterocycles. The van der Waals surface area contributed by atoms with Crippen molar-refractivity contribution in [1.82, 2.24) is 5.32 Å². The van der Waals surface area contributed by atoms with Gasteiger partial charge in [0.15, 0.2) is 0 Å². The standard InChI is InChI=1S/C15H22F2N2/c1-11-6-4-3-5-7-19(11)15-13(16)8-12(10-18-2)9-14(15)17/h8-9,11,18H,3-7,10H2,1-2H3. The molecular formula is C15H22F2N2. The quantitative estimate of drug-likeness (QED) is 0.903. The molecule has 1 saturated heterocycles. The molecule has 19 heavy (non-hydrogen) atoms. The number of nitrogens with zero attached hydrogens (tertiary/aromatic N) is 1. The van der Waals surface area contributed by atoms with E-state index in [2.05, 4.69) is 5.32 Å². The summed E-state index contributed by atoms with van der Waals surface area (Å²) in [7, 11) is 1.76. The predicted octanol–water partition coefficient (Wildman–Crippen LogP) is 3.45. The molecule has 0 amide bonds. The van der Waals surface area contributed by atoms with Crippen LogP contribution in [0.3, 0.4) is 0 Å². The lowest BCUT2D eigenvalue weighted by molar-refractivity contribution is 0.541. The molecule has 1 N–H and O–H groups in total. The lowest BCUT2D eigenvalue weighted by atomic mass is 10.1. The smallest absolute Gasteiger partial charge is 0.149 e. The van der Waals surface area contributed by atoms with Gasteiger partial charge in [-0.15, -0.1) is 0 Å². The lowest BCUT2D eigenvalue weighted by Crippen LogP contribution is -2.34. The maximum absolute atomic E-state index is 14.2. The van der Waals surface area contributed by atoms with Gasteiger partial charge in [0.1, 0.15) is 17.3 Å². The zero-order chi connectivity index (χ0) is 13.8. The Labute approximate surface area is 113 Å². The van der Waals surface area contributed by atoms with Gasteiger partial charge in [-0.25, -0.2) is 8.78 Å². The Hall–Kier alpha value is -1.16. The first kappa shape index (κ1) is 14.3. The van der Waals surface area contributed by atoms with E-state index < -0.39 is 11.6 Å². The van der Waals surface area contributed by atoms with Gasteiger partial charge < -0.3 is 10.2 Å². The predicted molar refractivity (Wildman–Crippen MR) is 74.4 cm³/mol. The highest BCUT2D eigenvalue weighted by Crippen LogP contribution is 2.30. The van der Waals surface area contributed by atoms with Gasteiger partial charge in [0.05, 0.1) is 0 Å². The van der Waals surface area contributed by atoms with Crippen LogP contribution in [0, 0.1) is 11.6 Å². The van der Waals surface area contributed by atoms with Gasteiger partial charge in [-0.05, 0) is 44.5 Å². The first-order valence-electron chi connectivity index (χ1n) is 7.02. The summed E-state index contributed by atoms with van der Waals surface area (Å²) in [6, 6.07) is 3.07. The lowest BCUT2D eigenvalue weighted by Gasteiger charge is -2.30. The van der Waals surface area contributed by atoms with E-state index in [1.807, 2.05) is 11.8 Å². The van der Waals surface area contributed by atoms with Gasteiger partial charge in [-0.2, -0.15) is 0 Å². The molecule has 1 aliphatic rings. The summed E-state index contributed by atoms with van der Waals surface area (Å²) in [5.41, 5.74) is 0.790. The SMILES string of the molecule is CNCc1cc(F)c(N2CCCCCC2C)c(F)c1. The molecule has 0 bridgehead atoms. The third-order valence-electron chi connectivity index (χ3n) is 3.80. The van der Waals surface area contributed by atoms with E-state index in [1.165, 1.54) is 12.1 Å². The molecule has 0 aromatic heterocycles. The highest BCUT2D eigenvalue weighted by atomic mass is 19.1. The molecule has 106 valence electrons. The van der Waals surface area contributed by atoms with Crippen LogP contribution in [0.1, 0.15) is 38.2 Å². The Morgan fingerprint density at radius 1 is 1.21 bits per heavy atom. The average molecular weight is 268 g/mol. The van der Waals surface area contributed by atoms with E-state index in [0.29, 0.717) is 12.1 Å². The second kappa shape index (κ2) is 6.33. The number of rotatable bonds is 3. The van der Waals surface area contributed by atoms with Crippen molar-refractivity contribution in [2.24, 2.45) is 0 Å². The van der Waals surface area contributed by atoms with Crippen molar-refractivity contribution in [2.45, 2.75) is 45.2 Å². The largest absolute Gasteiger partial charge is 0.364 e. The number of hydrogen-bond acceptors (Lipinski definition) is 2. The van der Waals surface area contributed by atoms with Crippen molar-refractivity contribution in [3.05, 3.63) is 29.3 Å². The van der Waals surface area contributed by atoms with Crippen molar-refractivity contribution >= 4 is 5.69 Å². The minimum atomic E-state index is -0.445. The molecule has 2 nitrogen and oxygen atoms in total. The summed E-state index contributed by atoms with van der Waals surface area (Å²) < 4.78 is 28.4. The monoisotopic (exact) mass is 268 g/mol. The average Bonchev–Trinajstić information content (AvgIpc) is 2.55. The molecule has 0 aliphatic carbocycles. The van der Waals surface area contributed by atoms with Crippen molar-refractivity contribution in [2.75, 3.05) is 18.5 Å². The number of halogens is 2. The molecular weight excluding hydrogens is 246 g/mol. The Morgan fingerprint density at radius 3 is 2.53 bits per heavy atom. The van der Waals surface area contributed by atoms with Crippen molar-refractivity contribution in [3.8, 4) is 0 Å². The number of nitrogens with one attached hydrogen (secondary N) is 1. The Morgan fingerprint density at radius 2 is 1.89 bits per heavy atom. The topological polar surface area (TPSA) is 15.3 Å². The molecule has 2 rings (SSSR count). The van der Waals surface area contributed by atoms with Crippen LogP contribution >= 0.6 is 0 Å². The minimum absolute atomic E-state index is 0.147. The molecule has 0 spiro atoms. The Bertz CT molecular complexity index is 411. The fraction of sp³-hybridized carbons (Fsp3) is 0.600. The van der Waals surface area contributed by atoms with Gasteiger partial charge in [-0.1, -0.05) is 12.8 Å². The Kier molecular flexibility index (Phi) is 4.75. The normalized spacial score (nSPS) is 20.4. The molecule has 1 unspecified atom stereocenters. The summed E-state index contributed by atoms with van der Waals surface area (Å²) >= 11 is 0. The maximum atomic E-state index is 14.2. The number of hydrogen-bond donors (Lipinski definition) is 1. The summed E-state index contributed by atoms with van der Waals surface area (Å²) in [5.74, 6) is -0.891. The van der Waals surface area contributed by atoms with E-state index in [0.717, 1.165) is 32.2 Å². The van der Waals surface area contributed by atoms with Gasteiger partial charge in [0.25, 0.3) is 0 Å². The van der Waals surface area contributed by atoms with Crippen molar-refractivity contribution < 1.29 is 8.78 Å². The van der Waals surface area contributed by atoms with Crippen molar-refractivity contribution in [3.63, 3.8) is 0 Å². The van der Waals surface area contributed by atoms with Crippen LogP contribution < -0.4 is 10.2 Å². The second-order valence-electron chi connectivity index (χ2n) is 5.33. The highest BCUT2D eigenvalue weighted by molar-refractivity contribution is 5.51. The maximum Gasteiger partial charge on any atom is 0.149 e. The molecule has 1 aromatic rings. The van der Waals surface area contributed by atoms with E-state index in [9.17, 15) is 8.78 Å². The first-order chi connectivity index (χ1) is 9.13. The Balaban J connectivity index is 2.32.